The van der Waals surface area contributed by atoms with Crippen LogP contribution in [-0.2, 0) is 0 Å². The zero-order chi connectivity index (χ0) is 30.8. The lowest BCUT2D eigenvalue weighted by molar-refractivity contribution is 1.37. The average Bonchev–Trinajstić information content (AvgIpc) is 3.03. The standard InChI is InChI=1S/C42H34N2/c1-6-33-34(7-2)40(21-20-37(33)31(26-43)18-19-32-22-23-44-32)42-36(9-4)35(8-3)41(38-12-10-11-13-39(38)42)30-17-16-28-24-27(5)14-15-29(28)25-30/h6-18,20-26,43H,1-4,19H2,5H3/b31-18+,43-26?. The highest BCUT2D eigenvalue weighted by molar-refractivity contribution is 6.15. The van der Waals surface area contributed by atoms with Crippen LogP contribution in [0.25, 0.3) is 73.7 Å². The third-order valence-electron chi connectivity index (χ3n) is 8.46. The fraction of sp³-hybridized carbons (Fsp3) is 0.0476. The highest BCUT2D eigenvalue weighted by atomic mass is 14.7. The molecule has 0 bridgehead atoms. The highest BCUT2D eigenvalue weighted by Gasteiger charge is 2.22. The Hall–Kier alpha value is -5.60. The fourth-order valence-electron chi connectivity index (χ4n) is 6.33. The fourth-order valence-corrected chi connectivity index (χ4v) is 6.33. The first-order valence-electron chi connectivity index (χ1n) is 14.7. The van der Waals surface area contributed by atoms with Gasteiger partial charge in [-0.15, -0.1) is 0 Å². The molecular weight excluding hydrogens is 532 g/mol. The molecule has 0 aromatic heterocycles. The predicted molar refractivity (Wildman–Crippen MR) is 195 cm³/mol. The largest absolute Gasteiger partial charge is 0.308 e. The maximum absolute atomic E-state index is 8.19. The van der Waals surface area contributed by atoms with Crippen LogP contribution in [0.3, 0.4) is 0 Å². The van der Waals surface area contributed by atoms with Gasteiger partial charge in [-0.25, -0.2) is 0 Å². The summed E-state index contributed by atoms with van der Waals surface area (Å²) in [7, 11) is 0. The van der Waals surface area contributed by atoms with E-state index in [1.807, 2.05) is 36.5 Å². The lowest BCUT2D eigenvalue weighted by Crippen LogP contribution is -2.01. The maximum Gasteiger partial charge on any atom is 0.0456 e. The Kier molecular flexibility index (Phi) is 7.74. The van der Waals surface area contributed by atoms with Crippen LogP contribution >= 0.6 is 0 Å². The monoisotopic (exact) mass is 566 g/mol. The summed E-state index contributed by atoms with van der Waals surface area (Å²) >= 11 is 0. The lowest BCUT2D eigenvalue weighted by atomic mass is 9.80. The summed E-state index contributed by atoms with van der Waals surface area (Å²) in [6, 6.07) is 26.0. The molecule has 5 aromatic carbocycles. The van der Waals surface area contributed by atoms with E-state index in [9.17, 15) is 0 Å². The molecule has 1 heterocycles. The summed E-state index contributed by atoms with van der Waals surface area (Å²) < 4.78 is 0. The van der Waals surface area contributed by atoms with E-state index in [-0.39, 0.29) is 0 Å². The number of fused-ring (bicyclic) bond motifs is 2. The van der Waals surface area contributed by atoms with Gasteiger partial charge < -0.3 is 5.41 Å². The number of rotatable bonds is 10. The van der Waals surface area contributed by atoms with E-state index in [0.29, 0.717) is 6.42 Å². The third kappa shape index (κ3) is 4.81. The van der Waals surface area contributed by atoms with Crippen LogP contribution in [-0.4, -0.2) is 11.9 Å². The number of hydrogen-bond acceptors (Lipinski definition) is 2. The molecule has 6 rings (SSSR count). The molecule has 2 heteroatoms. The minimum atomic E-state index is 0.673. The molecular formula is C42H34N2. The second-order valence-corrected chi connectivity index (χ2v) is 10.9. The number of benzene rings is 5. The van der Waals surface area contributed by atoms with Crippen LogP contribution in [0.15, 0.2) is 122 Å². The van der Waals surface area contributed by atoms with Gasteiger partial charge in [0.05, 0.1) is 0 Å². The van der Waals surface area contributed by atoms with Gasteiger partial charge in [-0.1, -0.05) is 129 Å². The Bertz CT molecular complexity index is 2130. The summed E-state index contributed by atoms with van der Waals surface area (Å²) in [5.41, 5.74) is 12.3. The van der Waals surface area contributed by atoms with Crippen molar-refractivity contribution in [1.29, 1.82) is 5.41 Å². The highest BCUT2D eigenvalue weighted by Crippen LogP contribution is 2.46. The third-order valence-corrected chi connectivity index (χ3v) is 8.46. The molecule has 0 fully saturated rings. The van der Waals surface area contributed by atoms with Gasteiger partial charge in [-0.3, -0.25) is 4.99 Å². The van der Waals surface area contributed by atoms with Crippen molar-refractivity contribution in [3.8, 4) is 22.3 Å². The molecule has 5 aromatic rings. The van der Waals surface area contributed by atoms with E-state index in [1.165, 1.54) is 22.6 Å². The molecule has 0 atom stereocenters. The minimum Gasteiger partial charge on any atom is -0.308 e. The van der Waals surface area contributed by atoms with Gasteiger partial charge in [-0.05, 0) is 96.3 Å². The number of hydrogen-bond donors (Lipinski definition) is 1. The molecule has 44 heavy (non-hydrogen) atoms. The quantitative estimate of drug-likeness (QED) is 0.163. The summed E-state index contributed by atoms with van der Waals surface area (Å²) in [6.07, 6.45) is 15.6. The molecule has 0 radical (unpaired) electrons. The zero-order valence-corrected chi connectivity index (χ0v) is 25.0. The Morgan fingerprint density at radius 2 is 1.36 bits per heavy atom. The van der Waals surface area contributed by atoms with Gasteiger partial charge in [0.25, 0.3) is 0 Å². The van der Waals surface area contributed by atoms with Crippen LogP contribution in [0.2, 0.25) is 0 Å². The van der Waals surface area contributed by atoms with E-state index in [0.717, 1.165) is 72.1 Å². The number of allylic oxidation sites excluding steroid dienone is 3. The van der Waals surface area contributed by atoms with Crippen molar-refractivity contribution in [2.24, 2.45) is 4.99 Å². The van der Waals surface area contributed by atoms with Crippen molar-refractivity contribution < 1.29 is 0 Å². The molecule has 0 amide bonds. The number of nitrogens with zero attached hydrogens (tertiary/aromatic N) is 1. The van der Waals surface area contributed by atoms with Crippen LogP contribution in [0, 0.1) is 12.3 Å². The van der Waals surface area contributed by atoms with Crippen molar-refractivity contribution >= 4 is 63.3 Å². The molecule has 0 unspecified atom stereocenters. The number of nitrogens with one attached hydrogen (secondary N) is 1. The summed E-state index contributed by atoms with van der Waals surface area (Å²) in [5.74, 6) is 0. The number of aryl methyl sites for hydroxylation is 1. The van der Waals surface area contributed by atoms with E-state index in [2.05, 4.69) is 111 Å². The van der Waals surface area contributed by atoms with Crippen molar-refractivity contribution in [1.82, 2.24) is 0 Å². The lowest BCUT2D eigenvalue weighted by Gasteiger charge is -2.23. The second kappa shape index (κ2) is 11.9. The molecule has 0 saturated carbocycles. The van der Waals surface area contributed by atoms with Crippen LogP contribution in [0.4, 0.5) is 0 Å². The van der Waals surface area contributed by atoms with Gasteiger partial charge in [-0.2, -0.15) is 0 Å². The van der Waals surface area contributed by atoms with Crippen LogP contribution in [0.5, 0.6) is 0 Å². The van der Waals surface area contributed by atoms with Crippen molar-refractivity contribution in [3.63, 3.8) is 0 Å². The van der Waals surface area contributed by atoms with E-state index >= 15 is 0 Å². The Balaban J connectivity index is 1.63. The first-order chi connectivity index (χ1) is 21.5. The van der Waals surface area contributed by atoms with Crippen LogP contribution < -0.4 is 0 Å². The minimum absolute atomic E-state index is 0.673. The van der Waals surface area contributed by atoms with E-state index in [1.54, 1.807) is 6.20 Å². The Labute approximate surface area is 259 Å². The van der Waals surface area contributed by atoms with Gasteiger partial charge in [0.1, 0.15) is 0 Å². The number of aliphatic imine (C=N–C) groups is 1. The van der Waals surface area contributed by atoms with Gasteiger partial charge >= 0.3 is 0 Å². The topological polar surface area (TPSA) is 36.2 Å². The zero-order valence-electron chi connectivity index (χ0n) is 25.0. The van der Waals surface area contributed by atoms with Gasteiger partial charge in [0.2, 0.25) is 0 Å². The first-order valence-corrected chi connectivity index (χ1v) is 14.7. The summed E-state index contributed by atoms with van der Waals surface area (Å²) in [4.78, 5) is 4.27. The first kappa shape index (κ1) is 28.5. The molecule has 1 aliphatic heterocycles. The second-order valence-electron chi connectivity index (χ2n) is 10.9. The normalized spacial score (nSPS) is 12.5. The average molecular weight is 567 g/mol. The van der Waals surface area contributed by atoms with Gasteiger partial charge in [0.15, 0.2) is 0 Å². The molecule has 0 aliphatic carbocycles. The van der Waals surface area contributed by atoms with Crippen molar-refractivity contribution in [2.75, 3.05) is 0 Å². The Morgan fingerprint density at radius 1 is 0.727 bits per heavy atom. The predicted octanol–water partition coefficient (Wildman–Crippen LogP) is 11.6. The SMILES string of the molecule is C=Cc1c(/C(C=N)=C/CC2=NC=C2)ccc(-c2c(C=C)c(C=C)c(-c3ccc4cc(C)ccc4c3)c3ccccc23)c1C=C. The van der Waals surface area contributed by atoms with Crippen molar-refractivity contribution in [2.45, 2.75) is 13.3 Å². The molecule has 1 N–H and O–H groups in total. The smallest absolute Gasteiger partial charge is 0.0456 e. The molecule has 0 saturated heterocycles. The Morgan fingerprint density at radius 3 is 2.00 bits per heavy atom. The van der Waals surface area contributed by atoms with Gasteiger partial charge in [0, 0.05) is 24.5 Å². The van der Waals surface area contributed by atoms with E-state index in [4.69, 9.17) is 5.41 Å². The molecule has 212 valence electrons. The molecule has 2 nitrogen and oxygen atoms in total. The molecule has 0 spiro atoms. The maximum atomic E-state index is 8.19. The summed E-state index contributed by atoms with van der Waals surface area (Å²) in [6.45, 7) is 19.1. The molecule has 1 aliphatic rings. The van der Waals surface area contributed by atoms with Crippen LogP contribution in [0.1, 0.15) is 39.8 Å². The van der Waals surface area contributed by atoms with E-state index < -0.39 is 0 Å². The summed E-state index contributed by atoms with van der Waals surface area (Å²) in [5, 5.41) is 12.9. The van der Waals surface area contributed by atoms with Crippen molar-refractivity contribution in [3.05, 3.63) is 151 Å².